The maximum absolute atomic E-state index is 12.1. The zero-order chi connectivity index (χ0) is 13.8. The van der Waals surface area contributed by atoms with Crippen LogP contribution in [0.3, 0.4) is 0 Å². The van der Waals surface area contributed by atoms with Crippen molar-refractivity contribution in [1.82, 2.24) is 4.72 Å². The van der Waals surface area contributed by atoms with Crippen LogP contribution in [-0.2, 0) is 14.8 Å². The molecule has 0 aliphatic heterocycles. The molecular weight excluding hydrogens is 318 g/mol. The van der Waals surface area contributed by atoms with E-state index in [1.165, 1.54) is 0 Å². The number of nitrogens with one attached hydrogen (secondary N) is 1. The molecule has 0 amide bonds. The van der Waals surface area contributed by atoms with Crippen LogP contribution in [-0.4, -0.2) is 33.5 Å². The van der Waals surface area contributed by atoms with Gasteiger partial charge in [-0.3, -0.25) is 0 Å². The third-order valence-electron chi connectivity index (χ3n) is 2.46. The van der Waals surface area contributed by atoms with Crippen molar-refractivity contribution in [3.05, 3.63) is 29.3 Å². The lowest BCUT2D eigenvalue weighted by Crippen LogP contribution is -2.31. The Morgan fingerprint density at radius 2 is 2.06 bits per heavy atom. The van der Waals surface area contributed by atoms with Crippen LogP contribution in [0.5, 0.6) is 0 Å². The smallest absolute Gasteiger partial charge is 0.240 e. The number of aryl methyl sites for hydroxylation is 2. The van der Waals surface area contributed by atoms with Crippen LogP contribution in [0.15, 0.2) is 23.1 Å². The molecule has 0 radical (unpaired) electrons. The van der Waals surface area contributed by atoms with E-state index in [1.807, 2.05) is 13.0 Å². The molecule has 1 aromatic carbocycles. The molecule has 1 atom stereocenters. The topological polar surface area (TPSA) is 55.4 Å². The van der Waals surface area contributed by atoms with Crippen molar-refractivity contribution in [2.24, 2.45) is 0 Å². The summed E-state index contributed by atoms with van der Waals surface area (Å²) in [5.74, 6) is 0. The van der Waals surface area contributed by atoms with Gasteiger partial charge in [0.05, 0.1) is 16.3 Å². The SMILES string of the molecule is COCC(Br)CNS(=O)(=O)c1ccc(C)cc1C. The van der Waals surface area contributed by atoms with Crippen LogP contribution >= 0.6 is 15.9 Å². The molecule has 18 heavy (non-hydrogen) atoms. The summed E-state index contributed by atoms with van der Waals surface area (Å²) in [6, 6.07) is 5.28. The highest BCUT2D eigenvalue weighted by atomic mass is 79.9. The van der Waals surface area contributed by atoms with Crippen LogP contribution in [0.25, 0.3) is 0 Å². The first-order valence-corrected chi connectivity index (χ1v) is 7.96. The largest absolute Gasteiger partial charge is 0.383 e. The second-order valence-electron chi connectivity index (χ2n) is 4.17. The highest BCUT2D eigenvalue weighted by molar-refractivity contribution is 9.09. The Balaban J connectivity index is 2.80. The van der Waals surface area contributed by atoms with E-state index < -0.39 is 10.0 Å². The first-order chi connectivity index (χ1) is 8.36. The van der Waals surface area contributed by atoms with Crippen LogP contribution in [0.4, 0.5) is 0 Å². The molecule has 0 spiro atoms. The van der Waals surface area contributed by atoms with Gasteiger partial charge >= 0.3 is 0 Å². The van der Waals surface area contributed by atoms with Crippen LogP contribution in [0.2, 0.25) is 0 Å². The Labute approximate surface area is 117 Å². The Kier molecular flexibility index (Phi) is 5.78. The molecule has 0 heterocycles. The van der Waals surface area contributed by atoms with E-state index in [2.05, 4.69) is 20.7 Å². The monoisotopic (exact) mass is 335 g/mol. The molecule has 0 aliphatic carbocycles. The normalized spacial score (nSPS) is 13.6. The van der Waals surface area contributed by atoms with Gasteiger partial charge in [0.2, 0.25) is 10.0 Å². The van der Waals surface area contributed by atoms with Crippen LogP contribution in [0, 0.1) is 13.8 Å². The Hall–Kier alpha value is -0.430. The summed E-state index contributed by atoms with van der Waals surface area (Å²) >= 11 is 3.34. The van der Waals surface area contributed by atoms with Crippen LogP contribution < -0.4 is 4.72 Å². The minimum atomic E-state index is -3.46. The summed E-state index contributed by atoms with van der Waals surface area (Å²) in [5, 5.41) is 0. The molecule has 102 valence electrons. The zero-order valence-electron chi connectivity index (χ0n) is 10.7. The molecule has 0 saturated carbocycles. The summed E-state index contributed by atoms with van der Waals surface area (Å²) in [6.07, 6.45) is 0. The molecule has 6 heteroatoms. The molecule has 1 N–H and O–H groups in total. The molecule has 0 aromatic heterocycles. The first kappa shape index (κ1) is 15.6. The quantitative estimate of drug-likeness (QED) is 0.809. The molecule has 0 fully saturated rings. The van der Waals surface area contributed by atoms with Crippen molar-refractivity contribution in [3.63, 3.8) is 0 Å². The molecule has 1 rings (SSSR count). The average Bonchev–Trinajstić information content (AvgIpc) is 2.26. The van der Waals surface area contributed by atoms with Gasteiger partial charge in [0, 0.05) is 13.7 Å². The number of halogens is 1. The first-order valence-electron chi connectivity index (χ1n) is 5.56. The van der Waals surface area contributed by atoms with E-state index in [0.29, 0.717) is 18.0 Å². The molecule has 4 nitrogen and oxygen atoms in total. The van der Waals surface area contributed by atoms with E-state index in [-0.39, 0.29) is 4.83 Å². The number of rotatable bonds is 6. The summed E-state index contributed by atoms with van der Waals surface area (Å²) in [6.45, 7) is 4.48. The fraction of sp³-hybridized carbons (Fsp3) is 0.500. The Morgan fingerprint density at radius 3 is 2.61 bits per heavy atom. The van der Waals surface area contributed by atoms with Crippen LogP contribution in [0.1, 0.15) is 11.1 Å². The predicted molar refractivity (Wildman–Crippen MR) is 75.7 cm³/mol. The van der Waals surface area contributed by atoms with Crippen molar-refractivity contribution in [2.75, 3.05) is 20.3 Å². The van der Waals surface area contributed by atoms with Crippen molar-refractivity contribution in [2.45, 2.75) is 23.6 Å². The van der Waals surface area contributed by atoms with Gasteiger partial charge in [-0.15, -0.1) is 0 Å². The second-order valence-corrected chi connectivity index (χ2v) is 7.20. The van der Waals surface area contributed by atoms with Crippen molar-refractivity contribution >= 4 is 26.0 Å². The number of alkyl halides is 1. The molecular formula is C12H18BrNO3S. The van der Waals surface area contributed by atoms with Gasteiger partial charge < -0.3 is 4.74 Å². The van der Waals surface area contributed by atoms with Gasteiger partial charge in [0.25, 0.3) is 0 Å². The van der Waals surface area contributed by atoms with Gasteiger partial charge in [-0.25, -0.2) is 13.1 Å². The highest BCUT2D eigenvalue weighted by Gasteiger charge is 2.17. The lowest BCUT2D eigenvalue weighted by atomic mass is 10.2. The Morgan fingerprint density at radius 1 is 1.39 bits per heavy atom. The lowest BCUT2D eigenvalue weighted by Gasteiger charge is -2.12. The maximum atomic E-state index is 12.1. The van der Waals surface area contributed by atoms with Gasteiger partial charge in [-0.05, 0) is 25.5 Å². The van der Waals surface area contributed by atoms with Crippen molar-refractivity contribution in [1.29, 1.82) is 0 Å². The van der Waals surface area contributed by atoms with E-state index >= 15 is 0 Å². The van der Waals surface area contributed by atoms with Gasteiger partial charge in [0.15, 0.2) is 0 Å². The number of sulfonamides is 1. The number of benzene rings is 1. The van der Waals surface area contributed by atoms with E-state index in [4.69, 9.17) is 4.74 Å². The number of methoxy groups -OCH3 is 1. The minimum Gasteiger partial charge on any atom is -0.383 e. The number of ether oxygens (including phenoxy) is 1. The van der Waals surface area contributed by atoms with E-state index in [9.17, 15) is 8.42 Å². The lowest BCUT2D eigenvalue weighted by molar-refractivity contribution is 0.201. The fourth-order valence-corrected chi connectivity index (χ4v) is 3.57. The molecule has 1 unspecified atom stereocenters. The second kappa shape index (κ2) is 6.65. The highest BCUT2D eigenvalue weighted by Crippen LogP contribution is 2.16. The molecule has 0 aliphatic rings. The molecule has 0 saturated heterocycles. The summed E-state index contributed by atoms with van der Waals surface area (Å²) in [7, 11) is -1.88. The third-order valence-corrected chi connectivity index (χ3v) is 4.63. The van der Waals surface area contributed by atoms with Gasteiger partial charge in [-0.1, -0.05) is 33.6 Å². The van der Waals surface area contributed by atoms with E-state index in [0.717, 1.165) is 11.1 Å². The maximum Gasteiger partial charge on any atom is 0.240 e. The van der Waals surface area contributed by atoms with Gasteiger partial charge in [-0.2, -0.15) is 0 Å². The summed E-state index contributed by atoms with van der Waals surface area (Å²) in [4.78, 5) is 0.285. The fourth-order valence-electron chi connectivity index (χ4n) is 1.62. The molecule has 0 bridgehead atoms. The zero-order valence-corrected chi connectivity index (χ0v) is 13.1. The third kappa shape index (κ3) is 4.35. The number of hydrogen-bond acceptors (Lipinski definition) is 3. The minimum absolute atomic E-state index is 0.0389. The standard InChI is InChI=1S/C12H18BrNO3S/c1-9-4-5-12(10(2)6-9)18(15,16)14-7-11(13)8-17-3/h4-6,11,14H,7-8H2,1-3H3. The summed E-state index contributed by atoms with van der Waals surface area (Å²) in [5.41, 5.74) is 1.80. The molecule has 1 aromatic rings. The van der Waals surface area contributed by atoms with Crippen molar-refractivity contribution in [3.8, 4) is 0 Å². The summed E-state index contributed by atoms with van der Waals surface area (Å²) < 4.78 is 31.7. The Bertz CT molecular complexity index is 502. The predicted octanol–water partition coefficient (Wildman–Crippen LogP) is 1.99. The number of hydrogen-bond donors (Lipinski definition) is 1. The van der Waals surface area contributed by atoms with E-state index in [1.54, 1.807) is 26.2 Å². The average molecular weight is 336 g/mol. The van der Waals surface area contributed by atoms with Gasteiger partial charge in [0.1, 0.15) is 0 Å². The van der Waals surface area contributed by atoms with Crippen molar-refractivity contribution < 1.29 is 13.2 Å².